The molecule has 1 N–H and O–H groups in total. The lowest BCUT2D eigenvalue weighted by atomic mass is 10.1. The molecule has 92 valence electrons. The van der Waals surface area contributed by atoms with E-state index in [1.165, 1.54) is 12.8 Å². The summed E-state index contributed by atoms with van der Waals surface area (Å²) in [4.78, 5) is 13.8. The number of nitrogens with zero attached hydrogens (tertiary/aromatic N) is 1. The summed E-state index contributed by atoms with van der Waals surface area (Å²) in [6.07, 6.45) is 0. The molecule has 0 amide bonds. The second kappa shape index (κ2) is 5.19. The Morgan fingerprint density at radius 2 is 2.06 bits per heavy atom. The highest BCUT2D eigenvalue weighted by Gasteiger charge is 2.14. The minimum Gasteiger partial charge on any atom is -0.465 e. The number of carbonyl (C=O) groups is 1. The Morgan fingerprint density at radius 1 is 1.35 bits per heavy atom. The van der Waals surface area contributed by atoms with Crippen LogP contribution in [-0.4, -0.2) is 39.3 Å². The van der Waals surface area contributed by atoms with E-state index in [0.717, 1.165) is 31.7 Å². The van der Waals surface area contributed by atoms with Gasteiger partial charge in [-0.2, -0.15) is 0 Å². The number of piperazine rings is 1. The molecule has 0 unspecified atom stereocenters. The zero-order valence-electron chi connectivity index (χ0n) is 10.3. The van der Waals surface area contributed by atoms with Crippen LogP contribution in [0.15, 0.2) is 18.2 Å². The number of esters is 1. The average Bonchev–Trinajstić information content (AvgIpc) is 2.39. The third kappa shape index (κ3) is 2.58. The van der Waals surface area contributed by atoms with Crippen LogP contribution in [0.5, 0.6) is 0 Å². The lowest BCUT2D eigenvalue weighted by Crippen LogP contribution is -2.43. The van der Waals surface area contributed by atoms with E-state index < -0.39 is 0 Å². The Morgan fingerprint density at radius 3 is 2.65 bits per heavy atom. The minimum atomic E-state index is -0.269. The summed E-state index contributed by atoms with van der Waals surface area (Å²) in [5.41, 5.74) is 2.79. The van der Waals surface area contributed by atoms with Crippen LogP contribution in [0.1, 0.15) is 15.9 Å². The Kier molecular flexibility index (Phi) is 3.64. The fourth-order valence-corrected chi connectivity index (χ4v) is 2.11. The molecule has 1 heterocycles. The molecule has 17 heavy (non-hydrogen) atoms. The highest BCUT2D eigenvalue weighted by Crippen LogP contribution is 2.20. The van der Waals surface area contributed by atoms with Crippen LogP contribution in [0, 0.1) is 6.92 Å². The van der Waals surface area contributed by atoms with Crippen molar-refractivity contribution in [1.82, 2.24) is 5.32 Å². The maximum Gasteiger partial charge on any atom is 0.338 e. The number of ether oxygens (including phenoxy) is 1. The van der Waals surface area contributed by atoms with Gasteiger partial charge in [0.15, 0.2) is 0 Å². The molecule has 0 spiro atoms. The molecule has 0 aliphatic carbocycles. The summed E-state index contributed by atoms with van der Waals surface area (Å²) in [5, 5.41) is 3.32. The normalized spacial score (nSPS) is 15.8. The number of carbonyl (C=O) groups excluding carboxylic acids is 1. The van der Waals surface area contributed by atoms with Gasteiger partial charge in [-0.3, -0.25) is 0 Å². The minimum absolute atomic E-state index is 0.269. The molecule has 1 aliphatic heterocycles. The smallest absolute Gasteiger partial charge is 0.338 e. The van der Waals surface area contributed by atoms with Crippen LogP contribution in [-0.2, 0) is 4.74 Å². The Balaban J connectivity index is 2.20. The highest BCUT2D eigenvalue weighted by molar-refractivity contribution is 5.91. The van der Waals surface area contributed by atoms with Gasteiger partial charge in [-0.05, 0) is 30.7 Å². The van der Waals surface area contributed by atoms with Crippen LogP contribution in [0.4, 0.5) is 5.69 Å². The Labute approximate surface area is 102 Å². The van der Waals surface area contributed by atoms with Gasteiger partial charge in [-0.1, -0.05) is 0 Å². The molecule has 1 aliphatic rings. The molecule has 1 aromatic carbocycles. The second-order valence-electron chi connectivity index (χ2n) is 4.23. The largest absolute Gasteiger partial charge is 0.465 e. The van der Waals surface area contributed by atoms with E-state index in [0.29, 0.717) is 5.56 Å². The maximum absolute atomic E-state index is 11.5. The number of hydrogen-bond acceptors (Lipinski definition) is 4. The molecular weight excluding hydrogens is 216 g/mol. The summed E-state index contributed by atoms with van der Waals surface area (Å²) >= 11 is 0. The number of anilines is 1. The number of hydrogen-bond donors (Lipinski definition) is 1. The lowest BCUT2D eigenvalue weighted by Gasteiger charge is -2.29. The van der Waals surface area contributed by atoms with E-state index in [1.807, 2.05) is 19.1 Å². The van der Waals surface area contributed by atoms with Crippen LogP contribution < -0.4 is 10.2 Å². The SMILES string of the molecule is COC(=O)c1ccc(N2CCNCC2)cc1C. The molecule has 0 atom stereocenters. The van der Waals surface area contributed by atoms with E-state index >= 15 is 0 Å². The molecule has 1 saturated heterocycles. The molecule has 1 fully saturated rings. The van der Waals surface area contributed by atoms with E-state index in [1.54, 1.807) is 0 Å². The Bertz CT molecular complexity index is 412. The quantitative estimate of drug-likeness (QED) is 0.781. The molecule has 0 aromatic heterocycles. The van der Waals surface area contributed by atoms with E-state index in [2.05, 4.69) is 16.3 Å². The second-order valence-corrected chi connectivity index (χ2v) is 4.23. The highest BCUT2D eigenvalue weighted by atomic mass is 16.5. The van der Waals surface area contributed by atoms with Crippen molar-refractivity contribution in [2.24, 2.45) is 0 Å². The molecular formula is C13H18N2O2. The van der Waals surface area contributed by atoms with Gasteiger partial charge in [-0.25, -0.2) is 4.79 Å². The third-order valence-corrected chi connectivity index (χ3v) is 3.10. The molecule has 0 radical (unpaired) electrons. The summed E-state index contributed by atoms with van der Waals surface area (Å²) in [6, 6.07) is 5.89. The van der Waals surface area contributed by atoms with Crippen molar-refractivity contribution in [2.45, 2.75) is 6.92 Å². The van der Waals surface area contributed by atoms with Crippen LogP contribution in [0.25, 0.3) is 0 Å². The first-order chi connectivity index (χ1) is 8.22. The standard InChI is InChI=1S/C13H18N2O2/c1-10-9-11(15-7-5-14-6-8-15)3-4-12(10)13(16)17-2/h3-4,9,14H,5-8H2,1-2H3. The van der Waals surface area contributed by atoms with Gasteiger partial charge in [-0.15, -0.1) is 0 Å². The van der Waals surface area contributed by atoms with Gasteiger partial charge >= 0.3 is 5.97 Å². The van der Waals surface area contributed by atoms with Gasteiger partial charge < -0.3 is 15.0 Å². The predicted octanol–water partition coefficient (Wildman–Crippen LogP) is 1.19. The van der Waals surface area contributed by atoms with Crippen LogP contribution in [0.3, 0.4) is 0 Å². The maximum atomic E-state index is 11.5. The number of nitrogens with one attached hydrogen (secondary N) is 1. The average molecular weight is 234 g/mol. The molecule has 4 nitrogen and oxygen atoms in total. The molecule has 0 saturated carbocycles. The fraction of sp³-hybridized carbons (Fsp3) is 0.462. The summed E-state index contributed by atoms with van der Waals surface area (Å²) in [5.74, 6) is -0.269. The molecule has 2 rings (SSSR count). The monoisotopic (exact) mass is 234 g/mol. The first-order valence-corrected chi connectivity index (χ1v) is 5.87. The van der Waals surface area contributed by atoms with Gasteiger partial charge in [0.05, 0.1) is 12.7 Å². The first kappa shape index (κ1) is 11.9. The van der Waals surface area contributed by atoms with E-state index in [9.17, 15) is 4.79 Å². The summed E-state index contributed by atoms with van der Waals surface area (Å²) in [6.45, 7) is 5.99. The summed E-state index contributed by atoms with van der Waals surface area (Å²) in [7, 11) is 1.41. The fourth-order valence-electron chi connectivity index (χ4n) is 2.11. The van der Waals surface area contributed by atoms with Crippen LogP contribution >= 0.6 is 0 Å². The lowest BCUT2D eigenvalue weighted by molar-refractivity contribution is 0.0600. The number of benzene rings is 1. The van der Waals surface area contributed by atoms with Crippen molar-refractivity contribution in [3.05, 3.63) is 29.3 Å². The topological polar surface area (TPSA) is 41.6 Å². The van der Waals surface area contributed by atoms with Crippen molar-refractivity contribution >= 4 is 11.7 Å². The molecule has 1 aromatic rings. The molecule has 0 bridgehead atoms. The zero-order chi connectivity index (χ0) is 12.3. The van der Waals surface area contributed by atoms with Crippen molar-refractivity contribution in [3.63, 3.8) is 0 Å². The van der Waals surface area contributed by atoms with E-state index in [-0.39, 0.29) is 5.97 Å². The van der Waals surface area contributed by atoms with Crippen LogP contribution in [0.2, 0.25) is 0 Å². The predicted molar refractivity (Wildman–Crippen MR) is 67.6 cm³/mol. The van der Waals surface area contributed by atoms with E-state index in [4.69, 9.17) is 4.74 Å². The number of rotatable bonds is 2. The number of methoxy groups -OCH3 is 1. The van der Waals surface area contributed by atoms with Gasteiger partial charge in [0.1, 0.15) is 0 Å². The number of aryl methyl sites for hydroxylation is 1. The molecule has 4 heteroatoms. The van der Waals surface area contributed by atoms with Crippen molar-refractivity contribution < 1.29 is 9.53 Å². The first-order valence-electron chi connectivity index (χ1n) is 5.87. The Hall–Kier alpha value is -1.55. The van der Waals surface area contributed by atoms with Crippen molar-refractivity contribution in [2.75, 3.05) is 38.2 Å². The van der Waals surface area contributed by atoms with Crippen molar-refractivity contribution in [1.29, 1.82) is 0 Å². The third-order valence-electron chi connectivity index (χ3n) is 3.10. The summed E-state index contributed by atoms with van der Waals surface area (Å²) < 4.78 is 4.74. The van der Waals surface area contributed by atoms with Crippen molar-refractivity contribution in [3.8, 4) is 0 Å². The van der Waals surface area contributed by atoms with Gasteiger partial charge in [0.2, 0.25) is 0 Å². The zero-order valence-corrected chi connectivity index (χ0v) is 10.3. The van der Waals surface area contributed by atoms with Gasteiger partial charge in [0, 0.05) is 31.9 Å². The van der Waals surface area contributed by atoms with Gasteiger partial charge in [0.25, 0.3) is 0 Å².